The van der Waals surface area contributed by atoms with Crippen molar-refractivity contribution in [3.8, 4) is 0 Å². The van der Waals surface area contributed by atoms with Crippen molar-refractivity contribution in [2.75, 3.05) is 0 Å². The van der Waals surface area contributed by atoms with Crippen LogP contribution < -0.4 is 0 Å². The highest BCUT2D eigenvalue weighted by molar-refractivity contribution is 5.87. The number of benzene rings is 1. The van der Waals surface area contributed by atoms with Crippen LogP contribution in [-0.2, 0) is 0 Å². The van der Waals surface area contributed by atoms with E-state index in [1.807, 2.05) is 30.3 Å². The van der Waals surface area contributed by atoms with Crippen LogP contribution >= 0.6 is 0 Å². The zero-order valence-corrected chi connectivity index (χ0v) is 6.70. The van der Waals surface area contributed by atoms with Crippen molar-refractivity contribution in [3.63, 3.8) is 0 Å². The second-order valence-corrected chi connectivity index (χ2v) is 2.62. The molecule has 0 fully saturated rings. The van der Waals surface area contributed by atoms with Gasteiger partial charge in [0.2, 0.25) is 0 Å². The van der Waals surface area contributed by atoms with Crippen LogP contribution in [0, 0.1) is 0 Å². The summed E-state index contributed by atoms with van der Waals surface area (Å²) in [4.78, 5) is 4.24. The van der Waals surface area contributed by atoms with Gasteiger partial charge in [-0.15, -0.1) is 0 Å². The molecule has 0 radical (unpaired) electrons. The summed E-state index contributed by atoms with van der Waals surface area (Å²) >= 11 is 0. The third-order valence-corrected chi connectivity index (χ3v) is 1.90. The molecule has 1 nitrogen and oxygen atoms in total. The zero-order valence-electron chi connectivity index (χ0n) is 6.70. The monoisotopic (exact) mass is 155 g/mol. The van der Waals surface area contributed by atoms with Gasteiger partial charge in [0.15, 0.2) is 0 Å². The molecule has 0 aliphatic heterocycles. The van der Waals surface area contributed by atoms with Gasteiger partial charge in [-0.3, -0.25) is 4.98 Å². The van der Waals surface area contributed by atoms with Crippen molar-refractivity contribution in [3.05, 3.63) is 48.7 Å². The average molecular weight is 155 g/mol. The maximum Gasteiger partial charge on any atom is 0.0707 e. The SMILES string of the molecule is C=Cc1ccnc2ccccc12. The van der Waals surface area contributed by atoms with Gasteiger partial charge in [-0.2, -0.15) is 0 Å². The van der Waals surface area contributed by atoms with Crippen LogP contribution in [0.3, 0.4) is 0 Å². The summed E-state index contributed by atoms with van der Waals surface area (Å²) in [6.45, 7) is 3.75. The second-order valence-electron chi connectivity index (χ2n) is 2.62. The molecule has 1 heterocycles. The fourth-order valence-corrected chi connectivity index (χ4v) is 1.30. The molecule has 12 heavy (non-hydrogen) atoms. The largest absolute Gasteiger partial charge is 0.256 e. The van der Waals surface area contributed by atoms with E-state index in [1.165, 1.54) is 0 Å². The molecule has 0 aliphatic carbocycles. The standard InChI is InChI=1S/C11H9N/c1-2-9-7-8-12-11-6-4-3-5-10(9)11/h2-8H,1H2. The number of para-hydroxylation sites is 1. The van der Waals surface area contributed by atoms with Gasteiger partial charge in [-0.05, 0) is 17.7 Å². The second kappa shape index (κ2) is 2.78. The van der Waals surface area contributed by atoms with Gasteiger partial charge in [0.05, 0.1) is 5.52 Å². The first-order valence-electron chi connectivity index (χ1n) is 3.88. The molecule has 0 aliphatic rings. The highest BCUT2D eigenvalue weighted by atomic mass is 14.6. The Hall–Kier alpha value is -1.63. The Kier molecular flexibility index (Phi) is 1.63. The van der Waals surface area contributed by atoms with E-state index in [1.54, 1.807) is 6.20 Å². The molecule has 2 rings (SSSR count). The van der Waals surface area contributed by atoms with Crippen LogP contribution in [0.1, 0.15) is 5.56 Å². The summed E-state index contributed by atoms with van der Waals surface area (Å²) in [6, 6.07) is 10.0. The minimum absolute atomic E-state index is 1.02. The lowest BCUT2D eigenvalue weighted by atomic mass is 10.1. The van der Waals surface area contributed by atoms with Gasteiger partial charge in [-0.25, -0.2) is 0 Å². The van der Waals surface area contributed by atoms with Crippen molar-refractivity contribution in [2.24, 2.45) is 0 Å². The van der Waals surface area contributed by atoms with E-state index in [9.17, 15) is 0 Å². The number of pyridine rings is 1. The highest BCUT2D eigenvalue weighted by Crippen LogP contribution is 2.16. The van der Waals surface area contributed by atoms with E-state index < -0.39 is 0 Å². The lowest BCUT2D eigenvalue weighted by Gasteiger charge is -1.98. The highest BCUT2D eigenvalue weighted by Gasteiger charge is 1.95. The molecule has 0 atom stereocenters. The summed E-state index contributed by atoms with van der Waals surface area (Å²) in [6.07, 6.45) is 3.66. The molecule has 2 aromatic rings. The van der Waals surface area contributed by atoms with E-state index in [0.717, 1.165) is 16.5 Å². The summed E-state index contributed by atoms with van der Waals surface area (Å²) < 4.78 is 0. The fourth-order valence-electron chi connectivity index (χ4n) is 1.30. The third-order valence-electron chi connectivity index (χ3n) is 1.90. The topological polar surface area (TPSA) is 12.9 Å². The first kappa shape index (κ1) is 7.04. The van der Waals surface area contributed by atoms with Crippen LogP contribution in [0.4, 0.5) is 0 Å². The van der Waals surface area contributed by atoms with Gasteiger partial charge >= 0.3 is 0 Å². The molecule has 0 bridgehead atoms. The maximum absolute atomic E-state index is 4.24. The van der Waals surface area contributed by atoms with E-state index >= 15 is 0 Å². The van der Waals surface area contributed by atoms with Crippen LogP contribution in [0.25, 0.3) is 17.0 Å². The molecule has 0 amide bonds. The summed E-state index contributed by atoms with van der Waals surface area (Å²) in [5.74, 6) is 0. The van der Waals surface area contributed by atoms with Gasteiger partial charge < -0.3 is 0 Å². The number of hydrogen-bond donors (Lipinski definition) is 0. The smallest absolute Gasteiger partial charge is 0.0707 e. The molecule has 1 heteroatoms. The van der Waals surface area contributed by atoms with Crippen LogP contribution in [0.15, 0.2) is 43.1 Å². The number of rotatable bonds is 1. The average Bonchev–Trinajstić information content (AvgIpc) is 2.17. The predicted octanol–water partition coefficient (Wildman–Crippen LogP) is 2.88. The number of fused-ring (bicyclic) bond motifs is 1. The van der Waals surface area contributed by atoms with Crippen molar-refractivity contribution >= 4 is 17.0 Å². The Morgan fingerprint density at radius 2 is 2.00 bits per heavy atom. The van der Waals surface area contributed by atoms with Crippen molar-refractivity contribution in [1.82, 2.24) is 4.98 Å². The van der Waals surface area contributed by atoms with E-state index in [-0.39, 0.29) is 0 Å². The Morgan fingerprint density at radius 3 is 2.83 bits per heavy atom. The van der Waals surface area contributed by atoms with Gasteiger partial charge in [0.25, 0.3) is 0 Å². The lowest BCUT2D eigenvalue weighted by Crippen LogP contribution is -1.80. The molecule has 1 aromatic heterocycles. The maximum atomic E-state index is 4.24. The molecule has 0 saturated carbocycles. The quantitative estimate of drug-likeness (QED) is 0.617. The molecule has 58 valence electrons. The van der Waals surface area contributed by atoms with Gasteiger partial charge in [0.1, 0.15) is 0 Å². The van der Waals surface area contributed by atoms with E-state index in [0.29, 0.717) is 0 Å². The number of aromatic nitrogens is 1. The Balaban J connectivity index is 2.88. The van der Waals surface area contributed by atoms with Crippen LogP contribution in [0.5, 0.6) is 0 Å². The molecule has 1 aromatic carbocycles. The summed E-state index contributed by atoms with van der Waals surface area (Å²) in [5.41, 5.74) is 2.16. The summed E-state index contributed by atoms with van der Waals surface area (Å²) in [5, 5.41) is 1.16. The van der Waals surface area contributed by atoms with Gasteiger partial charge in [-0.1, -0.05) is 30.9 Å². The Bertz CT molecular complexity index is 413. The molecule has 0 spiro atoms. The van der Waals surface area contributed by atoms with Crippen LogP contribution in [-0.4, -0.2) is 4.98 Å². The Labute approximate surface area is 71.4 Å². The number of hydrogen-bond acceptors (Lipinski definition) is 1. The van der Waals surface area contributed by atoms with Crippen LogP contribution in [0.2, 0.25) is 0 Å². The minimum atomic E-state index is 1.02. The lowest BCUT2D eigenvalue weighted by molar-refractivity contribution is 1.41. The molecule has 0 unspecified atom stereocenters. The first-order chi connectivity index (χ1) is 5.92. The molecule has 0 saturated heterocycles. The normalized spacial score (nSPS) is 10.0. The molecule has 0 N–H and O–H groups in total. The van der Waals surface area contributed by atoms with Crippen molar-refractivity contribution in [2.45, 2.75) is 0 Å². The van der Waals surface area contributed by atoms with E-state index in [4.69, 9.17) is 0 Å². The summed E-state index contributed by atoms with van der Waals surface area (Å²) in [7, 11) is 0. The predicted molar refractivity (Wildman–Crippen MR) is 51.8 cm³/mol. The van der Waals surface area contributed by atoms with Crippen molar-refractivity contribution in [1.29, 1.82) is 0 Å². The van der Waals surface area contributed by atoms with Gasteiger partial charge in [0, 0.05) is 11.6 Å². The molecular formula is C11H9N. The first-order valence-corrected chi connectivity index (χ1v) is 3.88. The third kappa shape index (κ3) is 0.996. The zero-order chi connectivity index (χ0) is 8.39. The van der Waals surface area contributed by atoms with Crippen molar-refractivity contribution < 1.29 is 0 Å². The minimum Gasteiger partial charge on any atom is -0.256 e. The Morgan fingerprint density at radius 1 is 1.17 bits per heavy atom. The number of nitrogens with zero attached hydrogens (tertiary/aromatic N) is 1. The fraction of sp³-hybridized carbons (Fsp3) is 0. The molecular weight excluding hydrogens is 146 g/mol. The van der Waals surface area contributed by atoms with E-state index in [2.05, 4.69) is 17.6 Å².